The fraction of sp³-hybridized carbons (Fsp3) is 0.647. The highest BCUT2D eigenvalue weighted by Gasteiger charge is 2.25. The first-order valence-corrected chi connectivity index (χ1v) is 8.53. The van der Waals surface area contributed by atoms with E-state index >= 15 is 0 Å². The maximum atomic E-state index is 6.32. The lowest BCUT2D eigenvalue weighted by Crippen LogP contribution is -2.29. The molecule has 1 fully saturated rings. The van der Waals surface area contributed by atoms with Crippen LogP contribution in [0.25, 0.3) is 0 Å². The van der Waals surface area contributed by atoms with Gasteiger partial charge >= 0.3 is 0 Å². The minimum absolute atomic E-state index is 0.371. The first-order chi connectivity index (χ1) is 9.58. The van der Waals surface area contributed by atoms with Crippen molar-refractivity contribution in [1.29, 1.82) is 0 Å². The van der Waals surface area contributed by atoms with Crippen molar-refractivity contribution in [2.75, 3.05) is 6.54 Å². The summed E-state index contributed by atoms with van der Waals surface area (Å²) in [6.45, 7) is 8.65. The molecule has 0 amide bonds. The molecule has 20 heavy (non-hydrogen) atoms. The van der Waals surface area contributed by atoms with Gasteiger partial charge in [0.15, 0.2) is 0 Å². The summed E-state index contributed by atoms with van der Waals surface area (Å²) in [6.07, 6.45) is 4.07. The zero-order valence-electron chi connectivity index (χ0n) is 12.8. The lowest BCUT2D eigenvalue weighted by atomic mass is 9.82. The van der Waals surface area contributed by atoms with Crippen LogP contribution in [0.2, 0.25) is 0 Å². The molecule has 0 saturated heterocycles. The fourth-order valence-corrected chi connectivity index (χ4v) is 3.62. The standard InChI is InChI=1S/C17H26BrNO/c1-4-19-11-14-10-15(18)5-6-17(14)20-16-8-12(2)7-13(3)9-16/h5-6,10,12-13,16,19H,4,7-9,11H2,1-3H3. The summed E-state index contributed by atoms with van der Waals surface area (Å²) in [5, 5.41) is 3.39. The first-order valence-electron chi connectivity index (χ1n) is 7.74. The van der Waals surface area contributed by atoms with Gasteiger partial charge in [0.25, 0.3) is 0 Å². The van der Waals surface area contributed by atoms with Crippen LogP contribution < -0.4 is 10.1 Å². The molecule has 1 saturated carbocycles. The average Bonchev–Trinajstić information content (AvgIpc) is 2.38. The van der Waals surface area contributed by atoms with Crippen molar-refractivity contribution in [2.45, 2.75) is 52.7 Å². The summed E-state index contributed by atoms with van der Waals surface area (Å²) < 4.78 is 7.43. The molecule has 2 atom stereocenters. The summed E-state index contributed by atoms with van der Waals surface area (Å²) >= 11 is 3.55. The molecule has 0 heterocycles. The lowest BCUT2D eigenvalue weighted by molar-refractivity contribution is 0.0999. The molecule has 0 aromatic heterocycles. The van der Waals surface area contributed by atoms with E-state index in [1.807, 2.05) is 0 Å². The molecule has 1 aliphatic rings. The predicted molar refractivity (Wildman–Crippen MR) is 88.1 cm³/mol. The van der Waals surface area contributed by atoms with Crippen LogP contribution in [-0.2, 0) is 6.54 Å². The van der Waals surface area contributed by atoms with Gasteiger partial charge in [-0.3, -0.25) is 0 Å². The molecular weight excluding hydrogens is 314 g/mol. The van der Waals surface area contributed by atoms with E-state index < -0.39 is 0 Å². The lowest BCUT2D eigenvalue weighted by Gasteiger charge is -2.32. The minimum atomic E-state index is 0.371. The molecule has 112 valence electrons. The Labute approximate surface area is 131 Å². The summed E-state index contributed by atoms with van der Waals surface area (Å²) in [7, 11) is 0. The third-order valence-corrected chi connectivity index (χ3v) is 4.51. The van der Waals surface area contributed by atoms with Crippen LogP contribution in [0.1, 0.15) is 45.6 Å². The number of hydrogen-bond acceptors (Lipinski definition) is 2. The van der Waals surface area contributed by atoms with E-state index in [1.54, 1.807) is 0 Å². The Balaban J connectivity index is 2.07. The highest BCUT2D eigenvalue weighted by atomic mass is 79.9. The number of hydrogen-bond donors (Lipinski definition) is 1. The summed E-state index contributed by atoms with van der Waals surface area (Å²) in [6, 6.07) is 6.33. The number of rotatable bonds is 5. The van der Waals surface area contributed by atoms with E-state index in [2.05, 4.69) is 60.2 Å². The first kappa shape index (κ1) is 15.8. The molecule has 3 heteroatoms. The van der Waals surface area contributed by atoms with Crippen molar-refractivity contribution in [2.24, 2.45) is 11.8 Å². The topological polar surface area (TPSA) is 21.3 Å². The van der Waals surface area contributed by atoms with Crippen LogP contribution in [0, 0.1) is 11.8 Å². The van der Waals surface area contributed by atoms with Gasteiger partial charge in [-0.1, -0.05) is 36.7 Å². The van der Waals surface area contributed by atoms with Crippen LogP contribution in [-0.4, -0.2) is 12.6 Å². The SMILES string of the molecule is CCNCc1cc(Br)ccc1OC1CC(C)CC(C)C1. The predicted octanol–water partition coefficient (Wildman–Crippen LogP) is 4.76. The quantitative estimate of drug-likeness (QED) is 0.834. The van der Waals surface area contributed by atoms with Crippen molar-refractivity contribution < 1.29 is 4.74 Å². The highest BCUT2D eigenvalue weighted by molar-refractivity contribution is 9.10. The zero-order valence-corrected chi connectivity index (χ0v) is 14.4. The zero-order chi connectivity index (χ0) is 14.5. The Hall–Kier alpha value is -0.540. The van der Waals surface area contributed by atoms with Crippen molar-refractivity contribution >= 4 is 15.9 Å². The maximum Gasteiger partial charge on any atom is 0.124 e. The Bertz CT molecular complexity index is 425. The smallest absolute Gasteiger partial charge is 0.124 e. The van der Waals surface area contributed by atoms with Crippen LogP contribution >= 0.6 is 15.9 Å². The van der Waals surface area contributed by atoms with E-state index in [4.69, 9.17) is 4.74 Å². The average molecular weight is 340 g/mol. The van der Waals surface area contributed by atoms with E-state index in [9.17, 15) is 0 Å². The van der Waals surface area contributed by atoms with Crippen molar-refractivity contribution in [3.63, 3.8) is 0 Å². The minimum Gasteiger partial charge on any atom is -0.490 e. The second-order valence-electron chi connectivity index (χ2n) is 6.19. The summed E-state index contributed by atoms with van der Waals surface area (Å²) in [5.41, 5.74) is 1.24. The van der Waals surface area contributed by atoms with Gasteiger partial charge in [-0.2, -0.15) is 0 Å². The van der Waals surface area contributed by atoms with E-state index in [-0.39, 0.29) is 0 Å². The van der Waals surface area contributed by atoms with Crippen LogP contribution in [0.4, 0.5) is 0 Å². The summed E-state index contributed by atoms with van der Waals surface area (Å²) in [5.74, 6) is 2.59. The molecule has 1 aliphatic carbocycles. The van der Waals surface area contributed by atoms with Gasteiger partial charge in [0.05, 0.1) is 6.10 Å². The third-order valence-electron chi connectivity index (χ3n) is 4.02. The van der Waals surface area contributed by atoms with Gasteiger partial charge in [0, 0.05) is 16.6 Å². The second kappa shape index (κ2) is 7.46. The van der Waals surface area contributed by atoms with E-state index in [0.29, 0.717) is 6.10 Å². The molecule has 0 radical (unpaired) electrons. The van der Waals surface area contributed by atoms with Crippen LogP contribution in [0.5, 0.6) is 5.75 Å². The van der Waals surface area contributed by atoms with Gasteiger partial charge in [-0.25, -0.2) is 0 Å². The molecule has 1 aromatic carbocycles. The Kier molecular flexibility index (Phi) is 5.91. The highest BCUT2D eigenvalue weighted by Crippen LogP contribution is 2.33. The molecule has 2 rings (SSSR count). The van der Waals surface area contributed by atoms with Crippen molar-refractivity contribution in [3.8, 4) is 5.75 Å². The molecule has 0 aliphatic heterocycles. The maximum absolute atomic E-state index is 6.32. The molecule has 2 unspecified atom stereocenters. The van der Waals surface area contributed by atoms with Crippen LogP contribution in [0.3, 0.4) is 0 Å². The molecular formula is C17H26BrNO. The second-order valence-corrected chi connectivity index (χ2v) is 7.11. The molecule has 1 N–H and O–H groups in total. The van der Waals surface area contributed by atoms with Crippen LogP contribution in [0.15, 0.2) is 22.7 Å². The van der Waals surface area contributed by atoms with Gasteiger partial charge in [-0.15, -0.1) is 0 Å². The monoisotopic (exact) mass is 339 g/mol. The van der Waals surface area contributed by atoms with Gasteiger partial charge in [0.1, 0.15) is 5.75 Å². The number of halogens is 1. The Morgan fingerprint density at radius 3 is 2.55 bits per heavy atom. The van der Waals surface area contributed by atoms with Crippen molar-refractivity contribution in [1.82, 2.24) is 5.32 Å². The van der Waals surface area contributed by atoms with Gasteiger partial charge in [-0.05, 0) is 55.8 Å². The molecule has 0 bridgehead atoms. The van der Waals surface area contributed by atoms with E-state index in [1.165, 1.54) is 24.8 Å². The Morgan fingerprint density at radius 2 is 1.90 bits per heavy atom. The molecule has 2 nitrogen and oxygen atoms in total. The summed E-state index contributed by atoms with van der Waals surface area (Å²) in [4.78, 5) is 0. The van der Waals surface area contributed by atoms with Gasteiger partial charge in [0.2, 0.25) is 0 Å². The Morgan fingerprint density at radius 1 is 1.20 bits per heavy atom. The normalized spacial score (nSPS) is 26.5. The molecule has 1 aromatic rings. The molecule has 0 spiro atoms. The van der Waals surface area contributed by atoms with Crippen molar-refractivity contribution in [3.05, 3.63) is 28.2 Å². The number of benzene rings is 1. The number of ether oxygens (including phenoxy) is 1. The van der Waals surface area contributed by atoms with E-state index in [0.717, 1.165) is 35.1 Å². The van der Waals surface area contributed by atoms with Gasteiger partial charge < -0.3 is 10.1 Å². The third kappa shape index (κ3) is 4.49. The largest absolute Gasteiger partial charge is 0.490 e. The fourth-order valence-electron chi connectivity index (χ4n) is 3.21. The number of nitrogens with one attached hydrogen (secondary N) is 1.